The monoisotopic (exact) mass is 330 g/mol. The molecule has 2 N–H and O–H groups in total. The Labute approximate surface area is 134 Å². The summed E-state index contributed by atoms with van der Waals surface area (Å²) in [7, 11) is -0.967. The number of carbonyl (C=O) groups is 1. The molecule has 0 aromatic carbocycles. The highest BCUT2D eigenvalue weighted by molar-refractivity contribution is 7.86. The van der Waals surface area contributed by atoms with E-state index in [9.17, 15) is 9.00 Å². The lowest BCUT2D eigenvalue weighted by atomic mass is 10.2. The van der Waals surface area contributed by atoms with Crippen molar-refractivity contribution in [1.82, 2.24) is 20.8 Å². The third kappa shape index (κ3) is 6.55. The first-order valence-electron chi connectivity index (χ1n) is 7.43. The molecule has 0 saturated heterocycles. The maximum Gasteiger partial charge on any atom is 0.314 e. The molecule has 2 amide bonds. The molecule has 1 aromatic rings. The molecule has 1 aromatic heterocycles. The van der Waals surface area contributed by atoms with Gasteiger partial charge in [-0.2, -0.15) is 4.98 Å². The third-order valence-corrected chi connectivity index (χ3v) is 4.82. The quantitative estimate of drug-likeness (QED) is 0.791. The van der Waals surface area contributed by atoms with Gasteiger partial charge in [-0.1, -0.05) is 19.0 Å². The minimum Gasteiger partial charge on any atom is -0.339 e. The summed E-state index contributed by atoms with van der Waals surface area (Å²) in [6, 6.07) is -0.283. The summed E-state index contributed by atoms with van der Waals surface area (Å²) < 4.78 is 16.6. The van der Waals surface area contributed by atoms with Gasteiger partial charge in [0.05, 0.1) is 0 Å². The molecule has 0 aliphatic rings. The van der Waals surface area contributed by atoms with Gasteiger partial charge in [0, 0.05) is 46.7 Å². The number of rotatable bonds is 7. The molecule has 0 unspecified atom stereocenters. The fraction of sp³-hybridized carbons (Fsp3) is 0.786. The van der Waals surface area contributed by atoms with Crippen molar-refractivity contribution in [3.8, 4) is 0 Å². The molecule has 1 heterocycles. The summed E-state index contributed by atoms with van der Waals surface area (Å²) in [6.45, 7) is 10.5. The molecule has 0 fully saturated rings. The predicted octanol–water partition coefficient (Wildman–Crippen LogP) is 1.58. The average molecular weight is 330 g/mol. The molecular formula is C14H26N4O3S. The summed E-state index contributed by atoms with van der Waals surface area (Å²) in [4.78, 5) is 15.8. The summed E-state index contributed by atoms with van der Waals surface area (Å²) in [6.07, 6.45) is 0.487. The Bertz CT molecular complexity index is 508. The van der Waals surface area contributed by atoms with Crippen LogP contribution in [0, 0.1) is 0 Å². The summed E-state index contributed by atoms with van der Waals surface area (Å²) in [5, 5.41) is 9.25. The van der Waals surface area contributed by atoms with E-state index in [4.69, 9.17) is 4.52 Å². The second-order valence-electron chi connectivity index (χ2n) is 6.30. The molecule has 0 saturated carbocycles. The Hall–Kier alpha value is -1.44. The first-order valence-corrected chi connectivity index (χ1v) is 8.74. The van der Waals surface area contributed by atoms with Gasteiger partial charge in [-0.3, -0.25) is 4.21 Å². The second kappa shape index (κ2) is 8.26. The van der Waals surface area contributed by atoms with Crippen LogP contribution in [0.1, 0.15) is 52.3 Å². The Morgan fingerprint density at radius 1 is 1.27 bits per heavy atom. The Balaban J connectivity index is 2.19. The van der Waals surface area contributed by atoms with E-state index in [1.807, 2.05) is 34.6 Å². The molecule has 0 radical (unpaired) electrons. The maximum atomic E-state index is 11.8. The molecule has 22 heavy (non-hydrogen) atoms. The standard InChI is InChI=1S/C14H26N4O3S/c1-10(2)12-17-11(21-18-12)6-7-15-13(19)16-8-9-22(20)14(3,4)5/h10H,6-9H2,1-5H3,(H2,15,16,19)/t22-/m0/s1. The predicted molar refractivity (Wildman–Crippen MR) is 86.3 cm³/mol. The van der Waals surface area contributed by atoms with E-state index >= 15 is 0 Å². The molecule has 0 bridgehead atoms. The van der Waals surface area contributed by atoms with Crippen molar-refractivity contribution in [2.45, 2.75) is 51.7 Å². The Kier molecular flexibility index (Phi) is 6.99. The van der Waals surface area contributed by atoms with Crippen LogP contribution < -0.4 is 10.6 Å². The number of amides is 2. The SMILES string of the molecule is CC(C)c1noc(CCNC(=O)NCC[S@](=O)C(C)(C)C)n1. The number of hydrogen-bond acceptors (Lipinski definition) is 5. The van der Waals surface area contributed by atoms with Crippen molar-refractivity contribution in [2.24, 2.45) is 0 Å². The molecule has 0 spiro atoms. The first kappa shape index (κ1) is 18.6. The van der Waals surface area contributed by atoms with Gasteiger partial charge in [0.25, 0.3) is 0 Å². The number of nitrogens with one attached hydrogen (secondary N) is 2. The van der Waals surface area contributed by atoms with Crippen molar-refractivity contribution in [3.05, 3.63) is 11.7 Å². The third-order valence-electron chi connectivity index (χ3n) is 2.88. The molecule has 0 aliphatic carbocycles. The number of aromatic nitrogens is 2. The van der Waals surface area contributed by atoms with Crippen LogP contribution in [0.25, 0.3) is 0 Å². The van der Waals surface area contributed by atoms with E-state index in [-0.39, 0.29) is 16.7 Å². The molecule has 126 valence electrons. The zero-order valence-electron chi connectivity index (χ0n) is 13.9. The molecule has 1 atom stereocenters. The van der Waals surface area contributed by atoms with Crippen LogP contribution in [-0.4, -0.2) is 44.0 Å². The summed E-state index contributed by atoms with van der Waals surface area (Å²) in [5.41, 5.74) is 0. The van der Waals surface area contributed by atoms with E-state index in [1.165, 1.54) is 0 Å². The van der Waals surface area contributed by atoms with Gasteiger partial charge >= 0.3 is 6.03 Å². The van der Waals surface area contributed by atoms with E-state index in [2.05, 4.69) is 20.8 Å². The van der Waals surface area contributed by atoms with Crippen molar-refractivity contribution in [3.63, 3.8) is 0 Å². The smallest absolute Gasteiger partial charge is 0.314 e. The van der Waals surface area contributed by atoms with E-state index in [0.717, 1.165) is 0 Å². The van der Waals surface area contributed by atoms with Crippen molar-refractivity contribution in [1.29, 1.82) is 0 Å². The average Bonchev–Trinajstić information content (AvgIpc) is 2.86. The van der Waals surface area contributed by atoms with Gasteiger partial charge in [-0.25, -0.2) is 4.79 Å². The van der Waals surface area contributed by atoms with Gasteiger partial charge in [-0.05, 0) is 20.8 Å². The van der Waals surface area contributed by atoms with E-state index in [0.29, 0.717) is 37.0 Å². The Morgan fingerprint density at radius 2 is 1.91 bits per heavy atom. The fourth-order valence-corrected chi connectivity index (χ4v) is 2.41. The van der Waals surface area contributed by atoms with Crippen LogP contribution in [0.15, 0.2) is 4.52 Å². The highest BCUT2D eigenvalue weighted by atomic mass is 32.2. The number of nitrogens with zero attached hydrogens (tertiary/aromatic N) is 2. The molecule has 8 heteroatoms. The van der Waals surface area contributed by atoms with Gasteiger partial charge in [0.2, 0.25) is 5.89 Å². The lowest BCUT2D eigenvalue weighted by Crippen LogP contribution is -2.39. The molecular weight excluding hydrogens is 304 g/mol. The minimum absolute atomic E-state index is 0.220. The van der Waals surface area contributed by atoms with Crippen LogP contribution in [0.5, 0.6) is 0 Å². The van der Waals surface area contributed by atoms with Crippen molar-refractivity contribution in [2.75, 3.05) is 18.8 Å². The summed E-state index contributed by atoms with van der Waals surface area (Å²) in [5.74, 6) is 1.85. The van der Waals surface area contributed by atoms with Gasteiger partial charge < -0.3 is 15.2 Å². The second-order valence-corrected chi connectivity index (χ2v) is 8.62. The molecule has 7 nitrogen and oxygen atoms in total. The van der Waals surface area contributed by atoms with Crippen LogP contribution in [0.4, 0.5) is 4.79 Å². The lowest BCUT2D eigenvalue weighted by molar-refractivity contribution is 0.241. The molecule has 0 aliphatic heterocycles. The maximum absolute atomic E-state index is 11.8. The largest absolute Gasteiger partial charge is 0.339 e. The molecule has 1 rings (SSSR count). The normalized spacial score (nSPS) is 13.2. The highest BCUT2D eigenvalue weighted by Gasteiger charge is 2.18. The topological polar surface area (TPSA) is 97.1 Å². The van der Waals surface area contributed by atoms with Gasteiger partial charge in [0.15, 0.2) is 5.82 Å². The zero-order chi connectivity index (χ0) is 16.8. The first-order chi connectivity index (χ1) is 10.2. The fourth-order valence-electron chi connectivity index (χ4n) is 1.51. The minimum atomic E-state index is -0.967. The van der Waals surface area contributed by atoms with E-state index < -0.39 is 10.8 Å². The van der Waals surface area contributed by atoms with Gasteiger partial charge in [-0.15, -0.1) is 0 Å². The number of carbonyl (C=O) groups excluding carboxylic acids is 1. The lowest BCUT2D eigenvalue weighted by Gasteiger charge is -2.17. The van der Waals surface area contributed by atoms with E-state index in [1.54, 1.807) is 0 Å². The Morgan fingerprint density at radius 3 is 2.45 bits per heavy atom. The zero-order valence-corrected chi connectivity index (χ0v) is 14.7. The number of urea groups is 1. The van der Waals surface area contributed by atoms with Crippen LogP contribution in [-0.2, 0) is 17.2 Å². The van der Waals surface area contributed by atoms with Crippen molar-refractivity contribution < 1.29 is 13.5 Å². The van der Waals surface area contributed by atoms with Crippen molar-refractivity contribution >= 4 is 16.8 Å². The van der Waals surface area contributed by atoms with Crippen LogP contribution >= 0.6 is 0 Å². The van der Waals surface area contributed by atoms with Gasteiger partial charge in [0.1, 0.15) is 0 Å². The summed E-state index contributed by atoms with van der Waals surface area (Å²) >= 11 is 0. The highest BCUT2D eigenvalue weighted by Crippen LogP contribution is 2.10. The van der Waals surface area contributed by atoms with Crippen LogP contribution in [0.3, 0.4) is 0 Å². The van der Waals surface area contributed by atoms with Crippen LogP contribution in [0.2, 0.25) is 0 Å². The number of hydrogen-bond donors (Lipinski definition) is 2.